The summed E-state index contributed by atoms with van der Waals surface area (Å²) in [5.74, 6) is -0.386. The smallest absolute Gasteiger partial charge is 0.302 e. The molecule has 0 unspecified atom stereocenters. The minimum atomic E-state index is -4.33. The highest BCUT2D eigenvalue weighted by Gasteiger charge is 2.26. The molecular formula is C11H10Cl2F3NO. The maximum absolute atomic E-state index is 11.8. The number of rotatable bonds is 5. The average Bonchev–Trinajstić information content (AvgIpc) is 2.23. The van der Waals surface area contributed by atoms with Crippen molar-refractivity contribution in [2.24, 2.45) is 0 Å². The molecule has 0 saturated carbocycles. The van der Waals surface area contributed by atoms with Gasteiger partial charge in [0.25, 0.3) is 0 Å². The largest absolute Gasteiger partial charge is 0.401 e. The van der Waals surface area contributed by atoms with Crippen LogP contribution in [0.15, 0.2) is 18.2 Å². The van der Waals surface area contributed by atoms with E-state index >= 15 is 0 Å². The molecule has 0 atom stereocenters. The van der Waals surface area contributed by atoms with E-state index in [-0.39, 0.29) is 23.8 Å². The second-order valence-electron chi connectivity index (χ2n) is 3.65. The van der Waals surface area contributed by atoms with Crippen molar-refractivity contribution in [3.63, 3.8) is 0 Å². The summed E-state index contributed by atoms with van der Waals surface area (Å²) >= 11 is 11.6. The molecule has 0 aliphatic heterocycles. The number of ketones is 1. The van der Waals surface area contributed by atoms with Gasteiger partial charge in [0.1, 0.15) is 0 Å². The van der Waals surface area contributed by atoms with Crippen LogP contribution in [0.1, 0.15) is 5.56 Å². The molecule has 1 aromatic rings. The number of benzene rings is 1. The first kappa shape index (κ1) is 15.3. The van der Waals surface area contributed by atoms with E-state index in [0.717, 1.165) is 0 Å². The van der Waals surface area contributed by atoms with Crippen LogP contribution < -0.4 is 5.32 Å². The van der Waals surface area contributed by atoms with Crippen LogP contribution in [-0.4, -0.2) is 25.0 Å². The minimum Gasteiger partial charge on any atom is -0.302 e. The normalized spacial score (nSPS) is 11.6. The summed E-state index contributed by atoms with van der Waals surface area (Å²) in [6.07, 6.45) is -4.38. The third-order valence-electron chi connectivity index (χ3n) is 2.07. The van der Waals surface area contributed by atoms with Gasteiger partial charge in [0.05, 0.1) is 23.1 Å². The van der Waals surface area contributed by atoms with Crippen LogP contribution in [0.5, 0.6) is 0 Å². The first-order valence-corrected chi connectivity index (χ1v) is 5.77. The fourth-order valence-corrected chi connectivity index (χ4v) is 1.69. The van der Waals surface area contributed by atoms with Crippen LogP contribution >= 0.6 is 23.2 Å². The molecule has 0 saturated heterocycles. The predicted octanol–water partition coefficient (Wildman–Crippen LogP) is 3.26. The number of hydrogen-bond donors (Lipinski definition) is 1. The van der Waals surface area contributed by atoms with E-state index in [9.17, 15) is 18.0 Å². The van der Waals surface area contributed by atoms with Gasteiger partial charge in [0.15, 0.2) is 5.78 Å². The summed E-state index contributed by atoms with van der Waals surface area (Å²) in [4.78, 5) is 11.4. The number of carbonyl (C=O) groups excluding carboxylic acids is 1. The van der Waals surface area contributed by atoms with Crippen LogP contribution in [0.2, 0.25) is 10.0 Å². The van der Waals surface area contributed by atoms with Gasteiger partial charge < -0.3 is 5.32 Å². The molecule has 0 fully saturated rings. The molecular weight excluding hydrogens is 290 g/mol. The zero-order chi connectivity index (χ0) is 13.8. The van der Waals surface area contributed by atoms with Crippen molar-refractivity contribution in [2.45, 2.75) is 12.6 Å². The molecule has 0 spiro atoms. The SMILES string of the molecule is O=C(CNCC(F)(F)F)Cc1cccc(Cl)c1Cl. The van der Waals surface area contributed by atoms with Crippen LogP contribution in [0.4, 0.5) is 13.2 Å². The Morgan fingerprint density at radius 1 is 1.28 bits per heavy atom. The first-order valence-electron chi connectivity index (χ1n) is 5.01. The van der Waals surface area contributed by atoms with Crippen molar-refractivity contribution in [2.75, 3.05) is 13.1 Å². The van der Waals surface area contributed by atoms with Gasteiger partial charge in [-0.05, 0) is 11.6 Å². The Bertz CT molecular complexity index is 435. The second kappa shape index (κ2) is 6.41. The Kier molecular flexibility index (Phi) is 5.44. The van der Waals surface area contributed by atoms with Gasteiger partial charge in [-0.2, -0.15) is 13.2 Å². The summed E-state index contributed by atoms with van der Waals surface area (Å²) in [5, 5.41) is 2.59. The van der Waals surface area contributed by atoms with Gasteiger partial charge >= 0.3 is 6.18 Å². The molecule has 0 amide bonds. The fraction of sp³-hybridized carbons (Fsp3) is 0.364. The second-order valence-corrected chi connectivity index (χ2v) is 4.43. The molecule has 1 N–H and O–H groups in total. The van der Waals surface area contributed by atoms with Gasteiger partial charge in [0, 0.05) is 6.42 Å². The Balaban J connectivity index is 2.48. The van der Waals surface area contributed by atoms with E-state index in [2.05, 4.69) is 0 Å². The lowest BCUT2D eigenvalue weighted by atomic mass is 10.1. The first-order chi connectivity index (χ1) is 8.29. The van der Waals surface area contributed by atoms with E-state index in [1.54, 1.807) is 18.2 Å². The number of alkyl halides is 3. The van der Waals surface area contributed by atoms with Crippen LogP contribution in [-0.2, 0) is 11.2 Å². The molecule has 0 bridgehead atoms. The van der Waals surface area contributed by atoms with Crippen molar-refractivity contribution >= 4 is 29.0 Å². The van der Waals surface area contributed by atoms with Gasteiger partial charge in [-0.15, -0.1) is 0 Å². The molecule has 0 heterocycles. The Morgan fingerprint density at radius 2 is 1.94 bits per heavy atom. The lowest BCUT2D eigenvalue weighted by Gasteiger charge is -2.08. The van der Waals surface area contributed by atoms with E-state index in [1.165, 1.54) is 0 Å². The van der Waals surface area contributed by atoms with Gasteiger partial charge in [-0.25, -0.2) is 0 Å². The summed E-state index contributed by atoms with van der Waals surface area (Å²) in [6.45, 7) is -1.55. The molecule has 2 nitrogen and oxygen atoms in total. The third-order valence-corrected chi connectivity index (χ3v) is 2.92. The predicted molar refractivity (Wildman–Crippen MR) is 64.1 cm³/mol. The fourth-order valence-electron chi connectivity index (χ4n) is 1.30. The lowest BCUT2D eigenvalue weighted by molar-refractivity contribution is -0.127. The zero-order valence-corrected chi connectivity index (χ0v) is 10.7. The number of Topliss-reactive ketones (excluding diaryl/α,β-unsaturated/α-hetero) is 1. The van der Waals surface area contributed by atoms with Crippen molar-refractivity contribution in [3.8, 4) is 0 Å². The summed E-state index contributed by atoms with van der Waals surface area (Å²) < 4.78 is 35.5. The van der Waals surface area contributed by atoms with E-state index in [4.69, 9.17) is 23.2 Å². The molecule has 1 rings (SSSR count). The standard InChI is InChI=1S/C11H10Cl2F3NO/c12-9-3-1-2-7(10(9)13)4-8(18)5-17-6-11(14,15)16/h1-3,17H,4-6H2. The Morgan fingerprint density at radius 3 is 2.56 bits per heavy atom. The summed E-state index contributed by atoms with van der Waals surface area (Å²) in [7, 11) is 0. The number of hydrogen-bond acceptors (Lipinski definition) is 2. The Hall–Kier alpha value is -0.780. The highest BCUT2D eigenvalue weighted by atomic mass is 35.5. The number of nitrogens with one attached hydrogen (secondary N) is 1. The van der Waals surface area contributed by atoms with Crippen molar-refractivity contribution in [1.82, 2.24) is 5.32 Å². The molecule has 18 heavy (non-hydrogen) atoms. The molecule has 0 radical (unpaired) electrons. The molecule has 1 aromatic carbocycles. The van der Waals surface area contributed by atoms with Crippen molar-refractivity contribution in [1.29, 1.82) is 0 Å². The molecule has 0 aliphatic carbocycles. The minimum absolute atomic E-state index is 0.0513. The molecule has 100 valence electrons. The molecule has 0 aliphatic rings. The van der Waals surface area contributed by atoms with Gasteiger partial charge in [-0.1, -0.05) is 35.3 Å². The Labute approximate surface area is 112 Å². The van der Waals surface area contributed by atoms with E-state index in [1.807, 2.05) is 5.32 Å². The van der Waals surface area contributed by atoms with Crippen molar-refractivity contribution < 1.29 is 18.0 Å². The average molecular weight is 300 g/mol. The molecule has 7 heteroatoms. The number of carbonyl (C=O) groups is 1. The summed E-state index contributed by atoms with van der Waals surface area (Å²) in [5.41, 5.74) is 0.503. The quantitative estimate of drug-likeness (QED) is 0.904. The lowest BCUT2D eigenvalue weighted by Crippen LogP contribution is -2.33. The maximum atomic E-state index is 11.8. The number of halogens is 5. The van der Waals surface area contributed by atoms with Crippen LogP contribution in [0.3, 0.4) is 0 Å². The highest BCUT2D eigenvalue weighted by Crippen LogP contribution is 2.25. The van der Waals surface area contributed by atoms with Crippen molar-refractivity contribution in [3.05, 3.63) is 33.8 Å². The van der Waals surface area contributed by atoms with Gasteiger partial charge in [-0.3, -0.25) is 4.79 Å². The zero-order valence-electron chi connectivity index (χ0n) is 9.15. The molecule has 0 aromatic heterocycles. The van der Waals surface area contributed by atoms with Crippen LogP contribution in [0, 0.1) is 0 Å². The van der Waals surface area contributed by atoms with Crippen LogP contribution in [0.25, 0.3) is 0 Å². The summed E-state index contributed by atoms with van der Waals surface area (Å²) in [6, 6.07) is 4.80. The maximum Gasteiger partial charge on any atom is 0.401 e. The van der Waals surface area contributed by atoms with E-state index in [0.29, 0.717) is 10.6 Å². The van der Waals surface area contributed by atoms with Gasteiger partial charge in [0.2, 0.25) is 0 Å². The highest BCUT2D eigenvalue weighted by molar-refractivity contribution is 6.42. The monoisotopic (exact) mass is 299 g/mol. The topological polar surface area (TPSA) is 29.1 Å². The third kappa shape index (κ3) is 5.25. The van der Waals surface area contributed by atoms with E-state index < -0.39 is 12.7 Å².